The number of H-pyrrole nitrogens is 1. The third-order valence-electron chi connectivity index (χ3n) is 8.58. The van der Waals surface area contributed by atoms with E-state index >= 15 is 0 Å². The number of aromatic amines is 1. The molecule has 0 amide bonds. The molecule has 10 rings (SSSR count). The van der Waals surface area contributed by atoms with Crippen LogP contribution >= 0.6 is 0 Å². The van der Waals surface area contributed by atoms with Gasteiger partial charge in [0.1, 0.15) is 6.33 Å². The molecule has 3 aliphatic rings. The lowest BCUT2D eigenvalue weighted by Crippen LogP contribution is -2.27. The number of aromatic nitrogens is 3. The normalized spacial score (nSPS) is 16.9. The molecule has 2 heterocycles. The second-order valence-electron chi connectivity index (χ2n) is 10.3. The van der Waals surface area contributed by atoms with Crippen molar-refractivity contribution in [3.05, 3.63) is 148 Å². The minimum absolute atomic E-state index is 0.0689. The maximum Gasteiger partial charge on any atom is 0.193 e. The average Bonchev–Trinajstić information content (AvgIpc) is 3.56. The van der Waals surface area contributed by atoms with Crippen LogP contribution in [0.15, 0.2) is 103 Å². The molecule has 7 aromatic rings. The van der Waals surface area contributed by atoms with Crippen molar-refractivity contribution in [2.24, 2.45) is 0 Å². The molecule has 0 saturated carbocycles. The first-order valence-corrected chi connectivity index (χ1v) is 12.9. The number of rotatable bonds is 1. The molecule has 0 radical (unpaired) electrons. The molecule has 176 valence electrons. The first-order chi connectivity index (χ1) is 18.8. The zero-order valence-corrected chi connectivity index (χ0v) is 20.3. The third-order valence-corrected chi connectivity index (χ3v) is 8.58. The van der Waals surface area contributed by atoms with Gasteiger partial charge in [-0.2, -0.15) is 0 Å². The van der Waals surface area contributed by atoms with E-state index in [9.17, 15) is 0 Å². The largest absolute Gasteiger partial charge is 0.355 e. The molecule has 1 N–H and O–H groups in total. The first-order valence-electron chi connectivity index (χ1n) is 12.9. The molecular formula is C34H20N4. The number of nitrogens with one attached hydrogen (secondary N) is 1. The summed E-state index contributed by atoms with van der Waals surface area (Å²) >= 11 is 0. The van der Waals surface area contributed by atoms with Crippen LogP contribution in [-0.2, 0) is 0 Å². The molecular weight excluding hydrogens is 464 g/mol. The Hall–Kier alpha value is -5.14. The van der Waals surface area contributed by atoms with Gasteiger partial charge in [-0.3, -0.25) is 4.57 Å². The molecule has 2 bridgehead atoms. The Morgan fingerprint density at radius 3 is 2.00 bits per heavy atom. The molecule has 0 aliphatic heterocycles. The van der Waals surface area contributed by atoms with Crippen LogP contribution in [-0.4, -0.2) is 14.5 Å². The van der Waals surface area contributed by atoms with Gasteiger partial charge in [0.2, 0.25) is 0 Å². The van der Waals surface area contributed by atoms with Crippen molar-refractivity contribution in [2.75, 3.05) is 0 Å². The fourth-order valence-corrected chi connectivity index (χ4v) is 7.12. The summed E-state index contributed by atoms with van der Waals surface area (Å²) in [6, 6.07) is 34.5. The van der Waals surface area contributed by atoms with E-state index in [2.05, 4.69) is 105 Å². The second kappa shape index (κ2) is 7.00. The van der Waals surface area contributed by atoms with Gasteiger partial charge in [-0.1, -0.05) is 66.7 Å². The summed E-state index contributed by atoms with van der Waals surface area (Å²) in [7, 11) is 0. The lowest BCUT2D eigenvalue weighted by molar-refractivity contribution is 0.764. The highest BCUT2D eigenvalue weighted by atomic mass is 15.0. The molecule has 0 saturated heterocycles. The van der Waals surface area contributed by atoms with Crippen LogP contribution in [0.4, 0.5) is 5.69 Å². The van der Waals surface area contributed by atoms with Gasteiger partial charge in [-0.15, -0.1) is 0 Å². The highest BCUT2D eigenvalue weighted by molar-refractivity contribution is 6.15. The Morgan fingerprint density at radius 1 is 0.711 bits per heavy atom. The van der Waals surface area contributed by atoms with E-state index in [0.29, 0.717) is 0 Å². The van der Waals surface area contributed by atoms with Crippen molar-refractivity contribution < 1.29 is 0 Å². The number of para-hydroxylation sites is 1. The fraction of sp³-hybridized carbons (Fsp3) is 0.0588. The molecule has 4 nitrogen and oxygen atoms in total. The van der Waals surface area contributed by atoms with Gasteiger partial charge in [-0.25, -0.2) is 9.83 Å². The number of hydrogen-bond acceptors (Lipinski definition) is 1. The first kappa shape index (κ1) is 20.0. The van der Waals surface area contributed by atoms with E-state index in [0.717, 1.165) is 33.4 Å². The smallest absolute Gasteiger partial charge is 0.193 e. The summed E-state index contributed by atoms with van der Waals surface area (Å²) in [5.74, 6) is 0.166. The lowest BCUT2D eigenvalue weighted by atomic mass is 9.60. The molecule has 4 heteroatoms. The van der Waals surface area contributed by atoms with Crippen LogP contribution < -0.4 is 0 Å². The zero-order valence-electron chi connectivity index (χ0n) is 20.3. The van der Waals surface area contributed by atoms with E-state index in [1.165, 1.54) is 44.2 Å². The summed E-state index contributed by atoms with van der Waals surface area (Å²) in [6.07, 6.45) is 1.90. The highest BCUT2D eigenvalue weighted by Gasteiger charge is 2.43. The Kier molecular flexibility index (Phi) is 3.68. The van der Waals surface area contributed by atoms with Crippen LogP contribution in [0.2, 0.25) is 0 Å². The van der Waals surface area contributed by atoms with Crippen molar-refractivity contribution in [3.63, 3.8) is 0 Å². The Bertz CT molecular complexity index is 2110. The van der Waals surface area contributed by atoms with Crippen LogP contribution in [0.1, 0.15) is 45.2 Å². The average molecular weight is 485 g/mol. The van der Waals surface area contributed by atoms with E-state index < -0.39 is 0 Å². The van der Waals surface area contributed by atoms with Crippen LogP contribution in [0.3, 0.4) is 0 Å². The predicted octanol–water partition coefficient (Wildman–Crippen LogP) is 8.20. The Labute approximate surface area is 218 Å². The summed E-state index contributed by atoms with van der Waals surface area (Å²) in [6.45, 7) is 8.16. The number of imidazole rings is 1. The molecule has 2 aromatic heterocycles. The van der Waals surface area contributed by atoms with Crippen molar-refractivity contribution in [1.29, 1.82) is 0 Å². The molecule has 38 heavy (non-hydrogen) atoms. The molecule has 5 aromatic carbocycles. The van der Waals surface area contributed by atoms with Gasteiger partial charge in [0.25, 0.3) is 0 Å². The van der Waals surface area contributed by atoms with Crippen LogP contribution in [0.5, 0.6) is 0 Å². The van der Waals surface area contributed by atoms with Gasteiger partial charge in [0, 0.05) is 39.3 Å². The van der Waals surface area contributed by atoms with Gasteiger partial charge in [-0.05, 0) is 63.7 Å². The SMILES string of the molecule is [C-]#[N+]c1cc2[nH]c3cc4ncn(-c5ccccc5)c4cc3c2c2c1C1c3ccccc3C2c2ccccc21. The topological polar surface area (TPSA) is 38.0 Å². The van der Waals surface area contributed by atoms with Crippen LogP contribution in [0.25, 0.3) is 43.4 Å². The number of benzene rings is 5. The van der Waals surface area contributed by atoms with Crippen molar-refractivity contribution in [1.82, 2.24) is 14.5 Å². The van der Waals surface area contributed by atoms with E-state index in [4.69, 9.17) is 11.6 Å². The minimum Gasteiger partial charge on any atom is -0.355 e. The highest BCUT2D eigenvalue weighted by Crippen LogP contribution is 2.60. The predicted molar refractivity (Wildman–Crippen MR) is 151 cm³/mol. The summed E-state index contributed by atoms with van der Waals surface area (Å²) in [4.78, 5) is 12.5. The lowest BCUT2D eigenvalue weighted by Gasteiger charge is -2.43. The monoisotopic (exact) mass is 484 g/mol. The molecule has 0 unspecified atom stereocenters. The molecule has 3 aliphatic carbocycles. The third kappa shape index (κ3) is 2.37. The maximum atomic E-state index is 8.16. The number of nitrogens with zero attached hydrogens (tertiary/aromatic N) is 3. The number of fused-ring (bicyclic) bond motifs is 4. The summed E-state index contributed by atoms with van der Waals surface area (Å²) < 4.78 is 2.16. The standard InChI is InChI=1S/C34H20N4/c1-35-27-17-28-32(24-15-29-26(16-25(24)37-28)36-18-38(29)19-9-3-2-4-10-19)34-31-22-13-7-5-11-20(22)30(33(27)34)21-12-6-8-14-23(21)31/h2-18,30-31,37H. The van der Waals surface area contributed by atoms with Gasteiger partial charge < -0.3 is 4.98 Å². The molecule has 0 spiro atoms. The quantitative estimate of drug-likeness (QED) is 0.234. The maximum absolute atomic E-state index is 8.16. The van der Waals surface area contributed by atoms with Crippen molar-refractivity contribution in [2.45, 2.75) is 11.8 Å². The van der Waals surface area contributed by atoms with Crippen molar-refractivity contribution in [3.8, 4) is 5.69 Å². The van der Waals surface area contributed by atoms with Crippen LogP contribution in [0, 0.1) is 6.57 Å². The van der Waals surface area contributed by atoms with E-state index in [-0.39, 0.29) is 11.8 Å². The number of hydrogen-bond donors (Lipinski definition) is 1. The Morgan fingerprint density at radius 2 is 1.34 bits per heavy atom. The summed E-state index contributed by atoms with van der Waals surface area (Å²) in [5, 5.41) is 2.41. The molecule has 0 atom stereocenters. The van der Waals surface area contributed by atoms with Gasteiger partial charge in [0.15, 0.2) is 5.69 Å². The Balaban J connectivity index is 1.43. The minimum atomic E-state index is 0.0689. The van der Waals surface area contributed by atoms with E-state index in [1.807, 2.05) is 12.4 Å². The molecule has 0 fully saturated rings. The zero-order chi connectivity index (χ0) is 25.0. The van der Waals surface area contributed by atoms with Gasteiger partial charge >= 0.3 is 0 Å². The van der Waals surface area contributed by atoms with Crippen molar-refractivity contribution >= 4 is 38.5 Å². The fourth-order valence-electron chi connectivity index (χ4n) is 7.12. The van der Waals surface area contributed by atoms with Gasteiger partial charge in [0.05, 0.1) is 17.6 Å². The van der Waals surface area contributed by atoms with E-state index in [1.54, 1.807) is 0 Å². The second-order valence-corrected chi connectivity index (χ2v) is 10.3. The summed E-state index contributed by atoms with van der Waals surface area (Å²) in [5.41, 5.74) is 13.8.